The van der Waals surface area contributed by atoms with Gasteiger partial charge >= 0.3 is 0 Å². The Morgan fingerprint density at radius 3 is 2.50 bits per heavy atom. The zero-order valence-corrected chi connectivity index (χ0v) is 19.5. The Hall–Kier alpha value is -3.78. The lowest BCUT2D eigenvalue weighted by molar-refractivity contribution is -0.140. The number of hydrogen-bond acceptors (Lipinski definition) is 6. The molecular weight excluding hydrogens is 458 g/mol. The van der Waals surface area contributed by atoms with Crippen LogP contribution in [0.1, 0.15) is 23.6 Å². The molecule has 1 amide bonds. The van der Waals surface area contributed by atoms with Gasteiger partial charge in [-0.25, -0.2) is 4.98 Å². The normalized spacial score (nSPS) is 17.3. The summed E-state index contributed by atoms with van der Waals surface area (Å²) in [5.74, 6) is -0.878. The van der Waals surface area contributed by atoms with Crippen molar-refractivity contribution in [3.63, 3.8) is 0 Å². The number of hydrogen-bond donors (Lipinski definition) is 1. The number of likely N-dealkylation sites (tertiary alicyclic amines) is 1. The van der Waals surface area contributed by atoms with Crippen molar-refractivity contribution in [2.24, 2.45) is 0 Å². The second-order valence-electron chi connectivity index (χ2n) is 7.74. The summed E-state index contributed by atoms with van der Waals surface area (Å²) in [5.41, 5.74) is 0.911. The predicted octanol–water partition coefficient (Wildman–Crippen LogP) is 4.07. The van der Waals surface area contributed by atoms with Gasteiger partial charge in [-0.3, -0.25) is 9.59 Å². The first-order valence-corrected chi connectivity index (χ1v) is 11.0. The van der Waals surface area contributed by atoms with E-state index in [0.717, 1.165) is 0 Å². The van der Waals surface area contributed by atoms with Crippen LogP contribution in [0.25, 0.3) is 5.76 Å². The van der Waals surface area contributed by atoms with Crippen molar-refractivity contribution < 1.29 is 24.2 Å². The molecule has 2 heterocycles. The molecule has 1 saturated heterocycles. The Kier molecular flexibility index (Phi) is 6.88. The third-order valence-corrected chi connectivity index (χ3v) is 6.01. The van der Waals surface area contributed by atoms with Crippen LogP contribution in [0.3, 0.4) is 0 Å². The first-order chi connectivity index (χ1) is 16.5. The van der Waals surface area contributed by atoms with E-state index in [2.05, 4.69) is 4.98 Å². The Balaban J connectivity index is 1.81. The number of methoxy groups -OCH3 is 2. The van der Waals surface area contributed by atoms with Crippen molar-refractivity contribution in [1.29, 1.82) is 0 Å². The molecule has 1 fully saturated rings. The van der Waals surface area contributed by atoms with Gasteiger partial charge in [-0.05, 0) is 36.8 Å². The van der Waals surface area contributed by atoms with E-state index >= 15 is 0 Å². The molecule has 1 aliphatic rings. The quantitative estimate of drug-likeness (QED) is 0.296. The van der Waals surface area contributed by atoms with Gasteiger partial charge in [-0.2, -0.15) is 0 Å². The van der Waals surface area contributed by atoms with Crippen molar-refractivity contribution in [1.82, 2.24) is 14.5 Å². The number of carbonyl (C=O) groups is 2. The molecule has 176 valence electrons. The highest BCUT2D eigenvalue weighted by molar-refractivity contribution is 6.46. The zero-order chi connectivity index (χ0) is 24.2. The van der Waals surface area contributed by atoms with E-state index < -0.39 is 17.7 Å². The smallest absolute Gasteiger partial charge is 0.295 e. The minimum Gasteiger partial charge on any atom is -0.507 e. The summed E-state index contributed by atoms with van der Waals surface area (Å²) < 4.78 is 12.9. The molecule has 3 aromatic rings. The summed E-state index contributed by atoms with van der Waals surface area (Å²) in [6.07, 6.45) is 5.78. The molecule has 1 N–H and O–H groups in total. The number of Topliss-reactive ketones (excluding diaryl/α,β-unsaturated/α-hetero) is 1. The second kappa shape index (κ2) is 10.0. The van der Waals surface area contributed by atoms with E-state index in [0.29, 0.717) is 40.6 Å². The molecule has 4 rings (SSSR count). The largest absolute Gasteiger partial charge is 0.507 e. The minimum atomic E-state index is -0.858. The first kappa shape index (κ1) is 23.4. The fourth-order valence-corrected chi connectivity index (χ4v) is 4.29. The number of halogens is 1. The molecule has 0 saturated carbocycles. The third kappa shape index (κ3) is 4.36. The summed E-state index contributed by atoms with van der Waals surface area (Å²) in [5, 5.41) is 11.7. The number of amides is 1. The maximum atomic E-state index is 13.2. The van der Waals surface area contributed by atoms with Gasteiger partial charge in [-0.15, -0.1) is 0 Å². The van der Waals surface area contributed by atoms with Crippen molar-refractivity contribution in [3.8, 4) is 11.5 Å². The van der Waals surface area contributed by atoms with Gasteiger partial charge in [0.2, 0.25) is 0 Å². The molecule has 0 radical (unpaired) electrons. The Morgan fingerprint density at radius 1 is 1.09 bits per heavy atom. The highest BCUT2D eigenvalue weighted by Crippen LogP contribution is 2.45. The van der Waals surface area contributed by atoms with E-state index in [4.69, 9.17) is 21.1 Å². The third-order valence-electron chi connectivity index (χ3n) is 5.76. The Bertz CT molecular complexity index is 1220. The number of rotatable bonds is 8. The molecule has 1 atom stereocenters. The number of imidazole rings is 1. The van der Waals surface area contributed by atoms with E-state index in [9.17, 15) is 14.7 Å². The Labute approximate surface area is 202 Å². The maximum absolute atomic E-state index is 13.2. The van der Waals surface area contributed by atoms with E-state index in [1.807, 2.05) is 10.8 Å². The second-order valence-corrected chi connectivity index (χ2v) is 8.17. The summed E-state index contributed by atoms with van der Waals surface area (Å²) >= 11 is 5.98. The molecule has 34 heavy (non-hydrogen) atoms. The minimum absolute atomic E-state index is 0.0125. The van der Waals surface area contributed by atoms with Gasteiger partial charge in [-0.1, -0.05) is 23.7 Å². The lowest BCUT2D eigenvalue weighted by Gasteiger charge is -2.27. The number of aliphatic hydroxyl groups excluding tert-OH is 1. The van der Waals surface area contributed by atoms with Crippen LogP contribution < -0.4 is 9.47 Å². The molecule has 0 unspecified atom stereocenters. The average molecular weight is 482 g/mol. The van der Waals surface area contributed by atoms with Crippen LogP contribution in [-0.2, 0) is 16.1 Å². The number of aromatic nitrogens is 2. The van der Waals surface area contributed by atoms with Crippen molar-refractivity contribution >= 4 is 29.1 Å². The lowest BCUT2D eigenvalue weighted by Crippen LogP contribution is -2.31. The van der Waals surface area contributed by atoms with Gasteiger partial charge in [0.15, 0.2) is 11.5 Å². The number of nitrogens with zero attached hydrogens (tertiary/aromatic N) is 3. The van der Waals surface area contributed by atoms with Gasteiger partial charge in [0.25, 0.3) is 11.7 Å². The SMILES string of the molecule is COc1cccc([C@@H]2C(=C(O)c3ccc(Cl)cc3)C(=O)C(=O)N2CCCn2ccnc2)c1OC. The van der Waals surface area contributed by atoms with Crippen molar-refractivity contribution in [3.05, 3.63) is 82.9 Å². The topological polar surface area (TPSA) is 93.9 Å². The summed E-state index contributed by atoms with van der Waals surface area (Å²) in [6.45, 7) is 0.896. The highest BCUT2D eigenvalue weighted by Gasteiger charge is 2.47. The summed E-state index contributed by atoms with van der Waals surface area (Å²) in [4.78, 5) is 31.9. The molecule has 1 aromatic heterocycles. The van der Waals surface area contributed by atoms with Crippen LogP contribution in [-0.4, -0.2) is 52.0 Å². The van der Waals surface area contributed by atoms with Crippen molar-refractivity contribution in [2.45, 2.75) is 19.0 Å². The molecule has 8 nitrogen and oxygen atoms in total. The highest BCUT2D eigenvalue weighted by atomic mass is 35.5. The van der Waals surface area contributed by atoms with Crippen LogP contribution >= 0.6 is 11.6 Å². The molecule has 9 heteroatoms. The first-order valence-electron chi connectivity index (χ1n) is 10.7. The van der Waals surface area contributed by atoms with Crippen LogP contribution in [0.15, 0.2) is 66.8 Å². The molecule has 0 bridgehead atoms. The lowest BCUT2D eigenvalue weighted by atomic mass is 9.94. The number of aliphatic hydroxyl groups is 1. The molecule has 2 aromatic carbocycles. The average Bonchev–Trinajstić information content (AvgIpc) is 3.45. The Morgan fingerprint density at radius 2 is 1.85 bits per heavy atom. The van der Waals surface area contributed by atoms with Crippen LogP contribution in [0.4, 0.5) is 0 Å². The monoisotopic (exact) mass is 481 g/mol. The summed E-state index contributed by atoms with van der Waals surface area (Å²) in [6, 6.07) is 10.8. The van der Waals surface area contributed by atoms with E-state index in [1.54, 1.807) is 55.0 Å². The predicted molar refractivity (Wildman–Crippen MR) is 127 cm³/mol. The standard InChI is InChI=1S/C25H24ClN3O5/c1-33-19-6-3-5-18(24(19)34-2)21-20(22(30)16-7-9-17(26)10-8-16)23(31)25(32)29(21)13-4-12-28-14-11-27-15-28/h3,5-11,14-15,21,30H,4,12-13H2,1-2H3/t21-/m1/s1. The van der Waals surface area contributed by atoms with Gasteiger partial charge in [0, 0.05) is 41.6 Å². The van der Waals surface area contributed by atoms with Crippen molar-refractivity contribution in [2.75, 3.05) is 20.8 Å². The number of ketones is 1. The number of aryl methyl sites for hydroxylation is 1. The van der Waals surface area contributed by atoms with Gasteiger partial charge in [0.1, 0.15) is 5.76 Å². The molecular formula is C25H24ClN3O5. The maximum Gasteiger partial charge on any atom is 0.295 e. The number of carbonyl (C=O) groups excluding carboxylic acids is 2. The van der Waals surface area contributed by atoms with Crippen LogP contribution in [0.2, 0.25) is 5.02 Å². The molecule has 0 spiro atoms. The number of para-hydroxylation sites is 1. The van der Waals surface area contributed by atoms with E-state index in [-0.39, 0.29) is 17.9 Å². The fraction of sp³-hybridized carbons (Fsp3) is 0.240. The van der Waals surface area contributed by atoms with Crippen LogP contribution in [0, 0.1) is 0 Å². The molecule has 0 aliphatic carbocycles. The fourth-order valence-electron chi connectivity index (χ4n) is 4.17. The number of benzene rings is 2. The van der Waals surface area contributed by atoms with Gasteiger partial charge in [0.05, 0.1) is 32.2 Å². The van der Waals surface area contributed by atoms with Crippen LogP contribution in [0.5, 0.6) is 11.5 Å². The molecule has 1 aliphatic heterocycles. The van der Waals surface area contributed by atoms with Gasteiger partial charge < -0.3 is 24.0 Å². The number of ether oxygens (including phenoxy) is 2. The zero-order valence-electron chi connectivity index (χ0n) is 18.8. The summed E-state index contributed by atoms with van der Waals surface area (Å²) in [7, 11) is 3.00. The van der Waals surface area contributed by atoms with E-state index in [1.165, 1.54) is 19.1 Å².